The van der Waals surface area contributed by atoms with Crippen molar-refractivity contribution >= 4 is 29.1 Å². The Kier molecular flexibility index (Phi) is 7.37. The van der Waals surface area contributed by atoms with E-state index < -0.39 is 23.5 Å². The average molecular weight is 461 g/mol. The van der Waals surface area contributed by atoms with E-state index in [1.807, 2.05) is 13.8 Å². The van der Waals surface area contributed by atoms with Gasteiger partial charge in [0, 0.05) is 18.8 Å². The molecule has 0 radical (unpaired) electrons. The van der Waals surface area contributed by atoms with Gasteiger partial charge in [-0.2, -0.15) is 0 Å². The Morgan fingerprint density at radius 1 is 1.19 bits per heavy atom. The highest BCUT2D eigenvalue weighted by Crippen LogP contribution is 2.42. The molecule has 32 heavy (non-hydrogen) atoms. The van der Waals surface area contributed by atoms with E-state index in [4.69, 9.17) is 25.8 Å². The molecule has 0 saturated carbocycles. The molecule has 1 aliphatic heterocycles. The maximum Gasteiger partial charge on any atom is 0.295 e. The summed E-state index contributed by atoms with van der Waals surface area (Å²) in [6, 6.07) is 7.21. The topological polar surface area (TPSA) is 98.2 Å². The van der Waals surface area contributed by atoms with Crippen LogP contribution in [0.25, 0.3) is 5.76 Å². The summed E-state index contributed by atoms with van der Waals surface area (Å²) in [5.41, 5.74) is 0.518. The number of hydrogen-bond acceptors (Lipinski definition) is 7. The number of likely N-dealkylation sites (tertiary alicyclic amines) is 1. The molecule has 170 valence electrons. The molecule has 0 bridgehead atoms. The molecule has 1 saturated heterocycles. The number of aliphatic hydroxyl groups is 1. The largest absolute Gasteiger partial charge is 0.507 e. The van der Waals surface area contributed by atoms with Crippen LogP contribution in [0.15, 0.2) is 42.1 Å². The van der Waals surface area contributed by atoms with E-state index in [9.17, 15) is 14.7 Å². The van der Waals surface area contributed by atoms with Crippen molar-refractivity contribution in [3.05, 3.63) is 58.4 Å². The molecule has 1 amide bonds. The Balaban J connectivity index is 2.17. The number of carbonyl (C=O) groups is 2. The number of methoxy groups -OCH3 is 2. The first kappa shape index (κ1) is 23.6. The van der Waals surface area contributed by atoms with E-state index in [1.165, 1.54) is 31.3 Å². The number of nitrogens with zero attached hydrogens (tertiary/aromatic N) is 2. The summed E-state index contributed by atoms with van der Waals surface area (Å²) in [6.07, 6.45) is 1.53. The molecular formula is C23H25ClN2O6. The Hall–Kier alpha value is -3.10. The lowest BCUT2D eigenvalue weighted by Gasteiger charge is -2.25. The van der Waals surface area contributed by atoms with Crippen LogP contribution in [0.5, 0.6) is 11.5 Å². The van der Waals surface area contributed by atoms with Crippen LogP contribution in [0.1, 0.15) is 31.1 Å². The minimum absolute atomic E-state index is 0.0362. The number of aliphatic hydroxyl groups excluding tert-OH is 1. The van der Waals surface area contributed by atoms with Crippen LogP contribution >= 0.6 is 11.6 Å². The lowest BCUT2D eigenvalue weighted by molar-refractivity contribution is -0.140. The molecule has 0 spiro atoms. The Bertz CT molecular complexity index is 1040. The summed E-state index contributed by atoms with van der Waals surface area (Å²) in [5, 5.41) is 11.5. The Labute approximate surface area is 191 Å². The summed E-state index contributed by atoms with van der Waals surface area (Å²) in [7, 11) is 2.84. The molecule has 1 fully saturated rings. The third-order valence-electron chi connectivity index (χ3n) is 5.02. The van der Waals surface area contributed by atoms with Gasteiger partial charge in [0.05, 0.1) is 48.8 Å². The predicted molar refractivity (Wildman–Crippen MR) is 119 cm³/mol. The van der Waals surface area contributed by atoms with Crippen molar-refractivity contribution in [1.82, 2.24) is 9.88 Å². The summed E-state index contributed by atoms with van der Waals surface area (Å²) in [5.74, 6) is -1.46. The van der Waals surface area contributed by atoms with Crippen molar-refractivity contribution in [2.24, 2.45) is 0 Å². The van der Waals surface area contributed by atoms with Gasteiger partial charge in [0.25, 0.3) is 11.7 Å². The number of hydrogen-bond donors (Lipinski definition) is 1. The minimum Gasteiger partial charge on any atom is -0.507 e. The third kappa shape index (κ3) is 4.56. The summed E-state index contributed by atoms with van der Waals surface area (Å²) in [6.45, 7) is 4.14. The van der Waals surface area contributed by atoms with Crippen LogP contribution in [0.2, 0.25) is 5.02 Å². The number of ketones is 1. The molecule has 0 aliphatic carbocycles. The molecule has 1 aromatic carbocycles. The second kappa shape index (κ2) is 10.0. The second-order valence-electron chi connectivity index (χ2n) is 7.35. The monoisotopic (exact) mass is 460 g/mol. The van der Waals surface area contributed by atoms with Crippen molar-refractivity contribution in [2.75, 3.05) is 27.4 Å². The number of aromatic nitrogens is 1. The number of rotatable bonds is 8. The molecule has 1 aromatic heterocycles. The van der Waals surface area contributed by atoms with Gasteiger partial charge in [-0.3, -0.25) is 14.6 Å². The molecule has 2 aromatic rings. The lowest BCUT2D eigenvalue weighted by Crippen LogP contribution is -2.33. The van der Waals surface area contributed by atoms with Gasteiger partial charge in [0.1, 0.15) is 23.3 Å². The first-order valence-electron chi connectivity index (χ1n) is 10.0. The first-order valence-corrected chi connectivity index (χ1v) is 10.4. The number of carbonyl (C=O) groups excluding carboxylic acids is 2. The zero-order chi connectivity index (χ0) is 23.4. The Morgan fingerprint density at radius 3 is 2.50 bits per heavy atom. The molecule has 1 aliphatic rings. The van der Waals surface area contributed by atoms with Crippen LogP contribution in [-0.2, 0) is 14.3 Å². The van der Waals surface area contributed by atoms with E-state index in [-0.39, 0.29) is 46.9 Å². The van der Waals surface area contributed by atoms with Crippen molar-refractivity contribution < 1.29 is 28.9 Å². The van der Waals surface area contributed by atoms with Crippen LogP contribution < -0.4 is 9.47 Å². The van der Waals surface area contributed by atoms with Crippen LogP contribution in [0.3, 0.4) is 0 Å². The van der Waals surface area contributed by atoms with Gasteiger partial charge < -0.3 is 24.2 Å². The third-order valence-corrected chi connectivity index (χ3v) is 5.32. The van der Waals surface area contributed by atoms with E-state index >= 15 is 0 Å². The molecule has 3 rings (SSSR count). The quantitative estimate of drug-likeness (QED) is 0.365. The van der Waals surface area contributed by atoms with E-state index in [2.05, 4.69) is 4.98 Å². The lowest BCUT2D eigenvalue weighted by atomic mass is 9.97. The molecule has 1 unspecified atom stereocenters. The van der Waals surface area contributed by atoms with Crippen molar-refractivity contribution in [1.29, 1.82) is 0 Å². The molecule has 8 nitrogen and oxygen atoms in total. The number of amides is 1. The summed E-state index contributed by atoms with van der Waals surface area (Å²) >= 11 is 6.17. The fourth-order valence-corrected chi connectivity index (χ4v) is 3.76. The summed E-state index contributed by atoms with van der Waals surface area (Å²) in [4.78, 5) is 31.7. The van der Waals surface area contributed by atoms with Gasteiger partial charge in [-0.05, 0) is 32.0 Å². The zero-order valence-corrected chi connectivity index (χ0v) is 19.0. The van der Waals surface area contributed by atoms with Crippen molar-refractivity contribution in [3.8, 4) is 11.5 Å². The van der Waals surface area contributed by atoms with E-state index in [1.54, 1.807) is 24.4 Å². The fourth-order valence-electron chi connectivity index (χ4n) is 3.53. The molecule has 1 atom stereocenters. The van der Waals surface area contributed by atoms with Crippen LogP contribution in [0, 0.1) is 0 Å². The molecule has 1 N–H and O–H groups in total. The van der Waals surface area contributed by atoms with Gasteiger partial charge in [0.15, 0.2) is 0 Å². The number of ether oxygens (including phenoxy) is 3. The normalized spacial score (nSPS) is 17.8. The summed E-state index contributed by atoms with van der Waals surface area (Å²) < 4.78 is 16.2. The van der Waals surface area contributed by atoms with Crippen molar-refractivity contribution in [2.45, 2.75) is 26.0 Å². The van der Waals surface area contributed by atoms with E-state index in [0.717, 1.165) is 0 Å². The highest BCUT2D eigenvalue weighted by atomic mass is 35.5. The number of benzene rings is 1. The molecule has 9 heteroatoms. The Morgan fingerprint density at radius 2 is 1.91 bits per heavy atom. The van der Waals surface area contributed by atoms with Crippen molar-refractivity contribution in [3.63, 3.8) is 0 Å². The number of pyridine rings is 1. The highest BCUT2D eigenvalue weighted by molar-refractivity contribution is 6.46. The minimum atomic E-state index is -0.890. The second-order valence-corrected chi connectivity index (χ2v) is 7.76. The van der Waals surface area contributed by atoms with Crippen LogP contribution in [0.4, 0.5) is 0 Å². The van der Waals surface area contributed by atoms with E-state index in [0.29, 0.717) is 5.69 Å². The number of halogens is 1. The fraction of sp³-hybridized carbons (Fsp3) is 0.348. The maximum atomic E-state index is 13.1. The molecule has 2 heterocycles. The standard InChI is InChI=1S/C23H25ClN2O6/c1-13(2)32-10-9-26-20(16-7-5-6-8-25-16)19(22(28)23(26)29)21(27)14-11-18(31-4)15(24)12-17(14)30-3/h5-8,11-13,20,27H,9-10H2,1-4H3/b21-19+. The van der Waals surface area contributed by atoms with Gasteiger partial charge in [-0.15, -0.1) is 0 Å². The van der Waals surface area contributed by atoms with Gasteiger partial charge in [-0.1, -0.05) is 17.7 Å². The van der Waals surface area contributed by atoms with Crippen LogP contribution in [-0.4, -0.2) is 60.2 Å². The van der Waals surface area contributed by atoms with Gasteiger partial charge >= 0.3 is 0 Å². The maximum absolute atomic E-state index is 13.1. The molecular weight excluding hydrogens is 436 g/mol. The highest BCUT2D eigenvalue weighted by Gasteiger charge is 2.46. The van der Waals surface area contributed by atoms with Gasteiger partial charge in [0.2, 0.25) is 0 Å². The first-order chi connectivity index (χ1) is 15.3. The SMILES string of the molecule is COc1cc(/C(O)=C2\C(=O)C(=O)N(CCOC(C)C)C2c2ccccn2)c(OC)cc1Cl. The average Bonchev–Trinajstić information content (AvgIpc) is 3.03. The van der Waals surface area contributed by atoms with Gasteiger partial charge in [-0.25, -0.2) is 0 Å². The smallest absolute Gasteiger partial charge is 0.295 e. The number of Topliss-reactive ketones (excluding diaryl/α,β-unsaturated/α-hetero) is 1. The predicted octanol–water partition coefficient (Wildman–Crippen LogP) is 3.60. The zero-order valence-electron chi connectivity index (χ0n) is 18.3.